The van der Waals surface area contributed by atoms with E-state index in [1.54, 1.807) is 0 Å². The molecular weight excluding hydrogens is 254 g/mol. The van der Waals surface area contributed by atoms with Crippen LogP contribution in [0.25, 0.3) is 0 Å². The molecule has 1 aromatic carbocycles. The van der Waals surface area contributed by atoms with Crippen molar-refractivity contribution in [1.29, 1.82) is 0 Å². The molecule has 106 valence electrons. The van der Waals surface area contributed by atoms with E-state index in [2.05, 4.69) is 31.3 Å². The number of nitrogens with one attached hydrogen (secondary N) is 1. The highest BCUT2D eigenvalue weighted by Gasteiger charge is 2.22. The third kappa shape index (κ3) is 4.50. The summed E-state index contributed by atoms with van der Waals surface area (Å²) in [6.45, 7) is 5.45. The van der Waals surface area contributed by atoms with Gasteiger partial charge in [0.25, 0.3) is 0 Å². The first-order chi connectivity index (χ1) is 9.16. The summed E-state index contributed by atoms with van der Waals surface area (Å²) in [6, 6.07) is 8.89. The maximum absolute atomic E-state index is 6.39. The van der Waals surface area contributed by atoms with E-state index in [1.807, 2.05) is 12.1 Å². The molecule has 19 heavy (non-hydrogen) atoms. The van der Waals surface area contributed by atoms with Crippen LogP contribution in [0.15, 0.2) is 24.3 Å². The largest absolute Gasteiger partial charge is 0.314 e. The van der Waals surface area contributed by atoms with Gasteiger partial charge >= 0.3 is 0 Å². The van der Waals surface area contributed by atoms with Crippen LogP contribution in [0.5, 0.6) is 0 Å². The van der Waals surface area contributed by atoms with Gasteiger partial charge in [0.2, 0.25) is 0 Å². The highest BCUT2D eigenvalue weighted by molar-refractivity contribution is 6.31. The number of benzene rings is 1. The normalized spacial score (nSPS) is 18.1. The molecule has 1 aromatic rings. The SMILES string of the molecule is CC(C)NCC(CC1CCCC1)c1ccccc1Cl. The van der Waals surface area contributed by atoms with Crippen molar-refractivity contribution in [3.63, 3.8) is 0 Å². The van der Waals surface area contributed by atoms with Crippen LogP contribution in [0.2, 0.25) is 5.02 Å². The molecule has 2 heteroatoms. The second kappa shape index (κ2) is 7.31. The third-order valence-corrected chi connectivity index (χ3v) is 4.55. The minimum Gasteiger partial charge on any atom is -0.314 e. The molecule has 0 amide bonds. The second-order valence-electron chi connectivity index (χ2n) is 6.17. The molecule has 0 aliphatic heterocycles. The first-order valence-corrected chi connectivity index (χ1v) is 8.02. The van der Waals surface area contributed by atoms with E-state index in [1.165, 1.54) is 37.7 Å². The first-order valence-electron chi connectivity index (χ1n) is 7.64. The van der Waals surface area contributed by atoms with E-state index in [0.717, 1.165) is 17.5 Å². The molecule has 1 nitrogen and oxygen atoms in total. The minimum absolute atomic E-state index is 0.536. The fourth-order valence-corrected chi connectivity index (χ4v) is 3.44. The van der Waals surface area contributed by atoms with Crippen molar-refractivity contribution < 1.29 is 0 Å². The van der Waals surface area contributed by atoms with E-state index in [9.17, 15) is 0 Å². The van der Waals surface area contributed by atoms with Crippen LogP contribution < -0.4 is 5.32 Å². The summed E-state index contributed by atoms with van der Waals surface area (Å²) < 4.78 is 0. The molecule has 0 spiro atoms. The summed E-state index contributed by atoms with van der Waals surface area (Å²) in [7, 11) is 0. The van der Waals surface area contributed by atoms with Crippen LogP contribution in [0.1, 0.15) is 57.4 Å². The number of halogens is 1. The zero-order valence-corrected chi connectivity index (χ0v) is 12.9. The van der Waals surface area contributed by atoms with Crippen molar-refractivity contribution in [3.05, 3.63) is 34.9 Å². The fourth-order valence-electron chi connectivity index (χ4n) is 3.15. The maximum atomic E-state index is 6.39. The van der Waals surface area contributed by atoms with E-state index < -0.39 is 0 Å². The molecule has 1 unspecified atom stereocenters. The van der Waals surface area contributed by atoms with Crippen molar-refractivity contribution >= 4 is 11.6 Å². The lowest BCUT2D eigenvalue weighted by molar-refractivity contribution is 0.416. The molecular formula is C17H26ClN. The van der Waals surface area contributed by atoms with Crippen LogP contribution >= 0.6 is 11.6 Å². The van der Waals surface area contributed by atoms with Crippen molar-refractivity contribution in [3.8, 4) is 0 Å². The van der Waals surface area contributed by atoms with Crippen LogP contribution in [-0.4, -0.2) is 12.6 Å². The lowest BCUT2D eigenvalue weighted by atomic mass is 9.87. The van der Waals surface area contributed by atoms with Crippen LogP contribution in [-0.2, 0) is 0 Å². The Kier molecular flexibility index (Phi) is 5.72. The van der Waals surface area contributed by atoms with Gasteiger partial charge in [-0.1, -0.05) is 69.3 Å². The molecule has 0 aromatic heterocycles. The molecule has 1 atom stereocenters. The van der Waals surface area contributed by atoms with Crippen molar-refractivity contribution in [2.75, 3.05) is 6.54 Å². The molecule has 0 bridgehead atoms. The van der Waals surface area contributed by atoms with Crippen molar-refractivity contribution in [1.82, 2.24) is 5.32 Å². The summed E-state index contributed by atoms with van der Waals surface area (Å²) in [5.74, 6) is 1.45. The summed E-state index contributed by atoms with van der Waals surface area (Å²) in [6.07, 6.45) is 6.92. The van der Waals surface area contributed by atoms with Gasteiger partial charge in [-0.25, -0.2) is 0 Å². The molecule has 1 aliphatic rings. The Morgan fingerprint density at radius 2 is 1.89 bits per heavy atom. The second-order valence-corrected chi connectivity index (χ2v) is 6.57. The standard InChI is InChI=1S/C17H26ClN/c1-13(2)19-12-15(11-14-7-3-4-8-14)16-9-5-6-10-17(16)18/h5-6,9-10,13-15,19H,3-4,7-8,11-12H2,1-2H3. The molecule has 2 rings (SSSR count). The number of hydrogen-bond acceptors (Lipinski definition) is 1. The Morgan fingerprint density at radius 1 is 1.21 bits per heavy atom. The Bertz CT molecular complexity index is 383. The van der Waals surface area contributed by atoms with Gasteiger partial charge in [-0.2, -0.15) is 0 Å². The van der Waals surface area contributed by atoms with Crippen molar-refractivity contribution in [2.45, 2.75) is 57.9 Å². The van der Waals surface area contributed by atoms with Gasteiger partial charge in [-0.05, 0) is 29.9 Å². The summed E-state index contributed by atoms with van der Waals surface area (Å²) in [5, 5.41) is 4.51. The quantitative estimate of drug-likeness (QED) is 0.772. The third-order valence-electron chi connectivity index (χ3n) is 4.21. The molecule has 0 saturated heterocycles. The van der Waals surface area contributed by atoms with Crippen LogP contribution in [0, 0.1) is 5.92 Å². The molecule has 0 radical (unpaired) electrons. The minimum atomic E-state index is 0.536. The van der Waals surface area contributed by atoms with Gasteiger partial charge in [-0.3, -0.25) is 0 Å². The summed E-state index contributed by atoms with van der Waals surface area (Å²) >= 11 is 6.39. The van der Waals surface area contributed by atoms with Gasteiger partial charge in [0.05, 0.1) is 0 Å². The summed E-state index contributed by atoms with van der Waals surface area (Å²) in [5.41, 5.74) is 1.32. The van der Waals surface area contributed by atoms with Gasteiger partial charge in [-0.15, -0.1) is 0 Å². The van der Waals surface area contributed by atoms with Crippen LogP contribution in [0.4, 0.5) is 0 Å². The highest BCUT2D eigenvalue weighted by atomic mass is 35.5. The molecule has 1 fully saturated rings. The monoisotopic (exact) mass is 279 g/mol. The zero-order valence-electron chi connectivity index (χ0n) is 12.2. The zero-order chi connectivity index (χ0) is 13.7. The average molecular weight is 280 g/mol. The smallest absolute Gasteiger partial charge is 0.0441 e. The number of rotatable bonds is 6. The number of hydrogen-bond donors (Lipinski definition) is 1. The molecule has 1 aliphatic carbocycles. The van der Waals surface area contributed by atoms with E-state index >= 15 is 0 Å². The Balaban J connectivity index is 2.06. The van der Waals surface area contributed by atoms with Crippen LogP contribution in [0.3, 0.4) is 0 Å². The molecule has 1 saturated carbocycles. The topological polar surface area (TPSA) is 12.0 Å². The Morgan fingerprint density at radius 3 is 2.53 bits per heavy atom. The lowest BCUT2D eigenvalue weighted by Crippen LogP contribution is -2.29. The molecule has 0 heterocycles. The Hall–Kier alpha value is -0.530. The van der Waals surface area contributed by atoms with E-state index in [4.69, 9.17) is 11.6 Å². The highest BCUT2D eigenvalue weighted by Crippen LogP contribution is 2.36. The molecule has 1 N–H and O–H groups in total. The van der Waals surface area contributed by atoms with Gasteiger partial charge in [0.1, 0.15) is 0 Å². The maximum Gasteiger partial charge on any atom is 0.0441 e. The average Bonchev–Trinajstić information content (AvgIpc) is 2.88. The predicted octanol–water partition coefficient (Wildman–Crippen LogP) is 5.00. The Labute approximate surface area is 122 Å². The van der Waals surface area contributed by atoms with E-state index in [-0.39, 0.29) is 0 Å². The van der Waals surface area contributed by atoms with E-state index in [0.29, 0.717) is 12.0 Å². The fraction of sp³-hybridized carbons (Fsp3) is 0.647. The van der Waals surface area contributed by atoms with Crippen molar-refractivity contribution in [2.24, 2.45) is 5.92 Å². The summed E-state index contributed by atoms with van der Waals surface area (Å²) in [4.78, 5) is 0. The predicted molar refractivity (Wildman–Crippen MR) is 83.9 cm³/mol. The van der Waals surface area contributed by atoms with Gasteiger partial charge in [0, 0.05) is 17.6 Å². The first kappa shape index (κ1) is 14.9. The van der Waals surface area contributed by atoms with Gasteiger partial charge in [0.15, 0.2) is 0 Å². The lowest BCUT2D eigenvalue weighted by Gasteiger charge is -2.23. The van der Waals surface area contributed by atoms with Gasteiger partial charge < -0.3 is 5.32 Å².